The Bertz CT molecular complexity index is 1130. The van der Waals surface area contributed by atoms with Crippen molar-refractivity contribution in [2.24, 2.45) is 5.73 Å². The maximum absolute atomic E-state index is 6.26. The zero-order chi connectivity index (χ0) is 19.8. The summed E-state index contributed by atoms with van der Waals surface area (Å²) in [6.45, 7) is 0. The van der Waals surface area contributed by atoms with Gasteiger partial charge in [-0.1, -0.05) is 18.9 Å². The van der Waals surface area contributed by atoms with E-state index in [0.717, 1.165) is 30.6 Å². The van der Waals surface area contributed by atoms with Gasteiger partial charge in [0, 0.05) is 18.3 Å². The van der Waals surface area contributed by atoms with Crippen LogP contribution in [0, 0.1) is 0 Å². The van der Waals surface area contributed by atoms with Gasteiger partial charge in [-0.15, -0.1) is 5.10 Å². The Morgan fingerprint density at radius 3 is 2.69 bits per heavy atom. The van der Waals surface area contributed by atoms with E-state index in [2.05, 4.69) is 25.6 Å². The molecule has 10 nitrogen and oxygen atoms in total. The number of nitrogen functional groups attached to an aromatic ring is 1. The summed E-state index contributed by atoms with van der Waals surface area (Å²) in [6, 6.07) is 7.98. The lowest BCUT2D eigenvalue weighted by Gasteiger charge is -2.29. The molecule has 1 unspecified atom stereocenters. The molecular formula is C19H22N10. The highest BCUT2D eigenvalue weighted by molar-refractivity contribution is 5.87. The van der Waals surface area contributed by atoms with Crippen LogP contribution in [0.4, 0.5) is 11.8 Å². The summed E-state index contributed by atoms with van der Waals surface area (Å²) in [5, 5.41) is 16.9. The minimum atomic E-state index is 0.108. The van der Waals surface area contributed by atoms with E-state index >= 15 is 0 Å². The molecule has 1 aliphatic carbocycles. The number of benzene rings is 1. The van der Waals surface area contributed by atoms with Gasteiger partial charge in [0.05, 0.1) is 29.2 Å². The SMILES string of the molecule is Nc1nn(-c2cccc(-n3nccn3)c2)c2nc(NC3CCCC[C@H]3N)ncc12. The maximum Gasteiger partial charge on any atom is 0.224 e. The van der Waals surface area contributed by atoms with E-state index in [9.17, 15) is 0 Å². The lowest BCUT2D eigenvalue weighted by Crippen LogP contribution is -2.42. The molecule has 3 heterocycles. The monoisotopic (exact) mass is 390 g/mol. The van der Waals surface area contributed by atoms with Crippen molar-refractivity contribution in [3.63, 3.8) is 0 Å². The van der Waals surface area contributed by atoms with Gasteiger partial charge in [-0.05, 0) is 31.0 Å². The van der Waals surface area contributed by atoms with Crippen molar-refractivity contribution >= 4 is 22.8 Å². The molecule has 0 aliphatic heterocycles. The summed E-state index contributed by atoms with van der Waals surface area (Å²) in [6.07, 6.45) is 9.33. The van der Waals surface area contributed by atoms with Crippen LogP contribution >= 0.6 is 0 Å². The molecule has 1 aromatic carbocycles. The van der Waals surface area contributed by atoms with E-state index in [1.54, 1.807) is 28.1 Å². The summed E-state index contributed by atoms with van der Waals surface area (Å²) in [5.74, 6) is 0.912. The van der Waals surface area contributed by atoms with Crippen LogP contribution in [-0.4, -0.2) is 46.8 Å². The third-order valence-electron chi connectivity index (χ3n) is 5.31. The van der Waals surface area contributed by atoms with Gasteiger partial charge in [-0.25, -0.2) is 9.67 Å². The lowest BCUT2D eigenvalue weighted by molar-refractivity contribution is 0.402. The van der Waals surface area contributed by atoms with Crippen molar-refractivity contribution in [3.8, 4) is 11.4 Å². The Morgan fingerprint density at radius 1 is 1.07 bits per heavy atom. The summed E-state index contributed by atoms with van der Waals surface area (Å²) < 4.78 is 1.71. The van der Waals surface area contributed by atoms with Crippen LogP contribution < -0.4 is 16.8 Å². The zero-order valence-electron chi connectivity index (χ0n) is 15.8. The Hall–Kier alpha value is -3.53. The molecule has 3 aromatic heterocycles. The molecule has 5 N–H and O–H groups in total. The molecule has 0 bridgehead atoms. The van der Waals surface area contributed by atoms with Crippen LogP contribution in [0.25, 0.3) is 22.4 Å². The van der Waals surface area contributed by atoms with Crippen LogP contribution in [0.1, 0.15) is 25.7 Å². The molecule has 0 spiro atoms. The normalized spacial score (nSPS) is 19.5. The third-order valence-corrected chi connectivity index (χ3v) is 5.31. The third kappa shape index (κ3) is 3.27. The summed E-state index contributed by atoms with van der Waals surface area (Å²) >= 11 is 0. The minimum absolute atomic E-state index is 0.108. The van der Waals surface area contributed by atoms with E-state index in [1.807, 2.05) is 24.3 Å². The van der Waals surface area contributed by atoms with Crippen LogP contribution in [0.15, 0.2) is 42.9 Å². The number of anilines is 2. The summed E-state index contributed by atoms with van der Waals surface area (Å²) in [4.78, 5) is 10.7. The maximum atomic E-state index is 6.26. The Morgan fingerprint density at radius 2 is 1.86 bits per heavy atom. The highest BCUT2D eigenvalue weighted by Gasteiger charge is 2.23. The molecule has 1 aliphatic rings. The largest absolute Gasteiger partial charge is 0.382 e. The van der Waals surface area contributed by atoms with Gasteiger partial charge in [0.15, 0.2) is 11.5 Å². The average Bonchev–Trinajstić information content (AvgIpc) is 3.39. The van der Waals surface area contributed by atoms with Crippen LogP contribution in [0.3, 0.4) is 0 Å². The van der Waals surface area contributed by atoms with E-state index in [0.29, 0.717) is 22.8 Å². The number of hydrogen-bond acceptors (Lipinski definition) is 8. The van der Waals surface area contributed by atoms with E-state index in [1.165, 1.54) is 6.42 Å². The highest BCUT2D eigenvalue weighted by Crippen LogP contribution is 2.25. The Labute approximate surface area is 166 Å². The predicted octanol–water partition coefficient (Wildman–Crippen LogP) is 1.66. The summed E-state index contributed by atoms with van der Waals surface area (Å²) in [7, 11) is 0. The van der Waals surface area contributed by atoms with E-state index in [-0.39, 0.29) is 12.1 Å². The molecule has 1 fully saturated rings. The van der Waals surface area contributed by atoms with Crippen LogP contribution in [0.5, 0.6) is 0 Å². The van der Waals surface area contributed by atoms with E-state index < -0.39 is 0 Å². The van der Waals surface area contributed by atoms with E-state index in [4.69, 9.17) is 16.5 Å². The number of nitrogens with one attached hydrogen (secondary N) is 1. The topological polar surface area (TPSA) is 138 Å². The number of aromatic nitrogens is 7. The van der Waals surface area contributed by atoms with Crippen molar-refractivity contribution in [1.82, 2.24) is 34.7 Å². The molecule has 148 valence electrons. The first-order valence-electron chi connectivity index (χ1n) is 9.69. The van der Waals surface area contributed by atoms with Gasteiger partial charge in [-0.2, -0.15) is 20.0 Å². The molecule has 5 rings (SSSR count). The smallest absolute Gasteiger partial charge is 0.224 e. The fraction of sp³-hybridized carbons (Fsp3) is 0.316. The van der Waals surface area contributed by atoms with Gasteiger partial charge in [0.1, 0.15) is 0 Å². The molecule has 1 saturated carbocycles. The van der Waals surface area contributed by atoms with Gasteiger partial charge >= 0.3 is 0 Å². The molecule has 0 amide bonds. The minimum Gasteiger partial charge on any atom is -0.382 e. The molecule has 4 aromatic rings. The van der Waals surface area contributed by atoms with Gasteiger partial charge in [-0.3, -0.25) is 0 Å². The fourth-order valence-electron chi connectivity index (χ4n) is 3.78. The lowest BCUT2D eigenvalue weighted by atomic mass is 9.91. The van der Waals surface area contributed by atoms with Crippen molar-refractivity contribution in [3.05, 3.63) is 42.9 Å². The van der Waals surface area contributed by atoms with Crippen LogP contribution in [-0.2, 0) is 0 Å². The standard InChI is InChI=1S/C19H22N10/c20-15-6-1-2-7-16(15)25-19-22-11-14-17(21)27-28(18(14)26-19)12-4-3-5-13(10-12)29-23-8-9-24-29/h3-5,8-11,15-16H,1-2,6-7,20H2,(H2,21,27)(H,22,25,26)/t15-,16?/m1/s1. The van der Waals surface area contributed by atoms with Gasteiger partial charge < -0.3 is 16.8 Å². The van der Waals surface area contributed by atoms with Gasteiger partial charge in [0.25, 0.3) is 0 Å². The molecule has 10 heteroatoms. The average molecular weight is 390 g/mol. The first-order chi connectivity index (χ1) is 14.2. The van der Waals surface area contributed by atoms with Crippen molar-refractivity contribution in [2.75, 3.05) is 11.1 Å². The van der Waals surface area contributed by atoms with Crippen LogP contribution in [0.2, 0.25) is 0 Å². The molecule has 0 radical (unpaired) electrons. The second-order valence-electron chi connectivity index (χ2n) is 7.27. The molecule has 0 saturated heterocycles. The first-order valence-corrected chi connectivity index (χ1v) is 9.69. The summed E-state index contributed by atoms with van der Waals surface area (Å²) in [5.41, 5.74) is 14.6. The van der Waals surface area contributed by atoms with Crippen molar-refractivity contribution in [2.45, 2.75) is 37.8 Å². The number of nitrogens with two attached hydrogens (primary N) is 2. The van der Waals surface area contributed by atoms with Crippen molar-refractivity contribution in [1.29, 1.82) is 0 Å². The molecule has 2 atom stereocenters. The number of fused-ring (bicyclic) bond motifs is 1. The second kappa shape index (κ2) is 7.13. The number of rotatable bonds is 4. The highest BCUT2D eigenvalue weighted by atomic mass is 15.5. The first kappa shape index (κ1) is 17.6. The fourth-order valence-corrected chi connectivity index (χ4v) is 3.78. The number of nitrogens with zero attached hydrogens (tertiary/aromatic N) is 7. The predicted molar refractivity (Wildman–Crippen MR) is 110 cm³/mol. The molecule has 29 heavy (non-hydrogen) atoms. The second-order valence-corrected chi connectivity index (χ2v) is 7.27. The molecular weight excluding hydrogens is 368 g/mol. The van der Waals surface area contributed by atoms with Gasteiger partial charge in [0.2, 0.25) is 5.95 Å². The zero-order valence-corrected chi connectivity index (χ0v) is 15.8. The Kier molecular flexibility index (Phi) is 4.32. The van der Waals surface area contributed by atoms with Crippen molar-refractivity contribution < 1.29 is 0 Å². The number of hydrogen-bond donors (Lipinski definition) is 3. The quantitative estimate of drug-likeness (QED) is 0.478. The Balaban J connectivity index is 1.53.